The number of hydrogen-bond acceptors (Lipinski definition) is 3. The molecule has 3 atom stereocenters. The van der Waals surface area contributed by atoms with Gasteiger partial charge in [0.05, 0.1) is 5.92 Å². The number of nitrogens with one attached hydrogen (secondary N) is 1. The van der Waals surface area contributed by atoms with Gasteiger partial charge in [-0.1, -0.05) is 0 Å². The molecule has 0 amide bonds. The average molecular weight is 237 g/mol. The summed E-state index contributed by atoms with van der Waals surface area (Å²) in [7, 11) is 0. The third-order valence-corrected chi connectivity index (χ3v) is 3.60. The SMILES string of the molecule is Cc1cc(C(C)NC2CCC2C(=O)O)c(C)o1. The minimum absolute atomic E-state index is 0.0945. The lowest BCUT2D eigenvalue weighted by Gasteiger charge is -2.36. The fourth-order valence-corrected chi connectivity index (χ4v) is 2.49. The molecule has 2 rings (SSSR count). The number of carboxylic acids is 1. The van der Waals surface area contributed by atoms with E-state index in [9.17, 15) is 4.79 Å². The molecule has 1 aromatic rings. The van der Waals surface area contributed by atoms with E-state index < -0.39 is 5.97 Å². The molecule has 1 aromatic heterocycles. The van der Waals surface area contributed by atoms with E-state index in [4.69, 9.17) is 9.52 Å². The summed E-state index contributed by atoms with van der Waals surface area (Å²) < 4.78 is 5.49. The largest absolute Gasteiger partial charge is 0.481 e. The molecule has 2 N–H and O–H groups in total. The van der Waals surface area contributed by atoms with Gasteiger partial charge in [-0.15, -0.1) is 0 Å². The molecule has 4 nitrogen and oxygen atoms in total. The number of carboxylic acid groups (broad SMARTS) is 1. The van der Waals surface area contributed by atoms with E-state index >= 15 is 0 Å². The summed E-state index contributed by atoms with van der Waals surface area (Å²) in [5, 5.41) is 12.4. The Morgan fingerprint density at radius 3 is 2.65 bits per heavy atom. The van der Waals surface area contributed by atoms with Gasteiger partial charge in [-0.25, -0.2) is 0 Å². The molecule has 0 radical (unpaired) electrons. The topological polar surface area (TPSA) is 62.5 Å². The van der Waals surface area contributed by atoms with Gasteiger partial charge in [-0.05, 0) is 39.7 Å². The Bertz CT molecular complexity index is 424. The number of furan rings is 1. The molecule has 1 saturated carbocycles. The highest BCUT2D eigenvalue weighted by molar-refractivity contribution is 5.72. The average Bonchev–Trinajstić information content (AvgIpc) is 2.51. The molecule has 0 bridgehead atoms. The van der Waals surface area contributed by atoms with E-state index in [1.807, 2.05) is 19.9 Å². The molecule has 1 aliphatic rings. The molecular weight excluding hydrogens is 218 g/mol. The van der Waals surface area contributed by atoms with Crippen molar-refractivity contribution in [2.45, 2.75) is 45.7 Å². The summed E-state index contributed by atoms with van der Waals surface area (Å²) in [6.45, 7) is 5.91. The third-order valence-electron chi connectivity index (χ3n) is 3.60. The lowest BCUT2D eigenvalue weighted by molar-refractivity contribution is -0.146. The van der Waals surface area contributed by atoms with Crippen molar-refractivity contribution in [2.24, 2.45) is 5.92 Å². The molecule has 0 spiro atoms. The van der Waals surface area contributed by atoms with Crippen LogP contribution in [0.15, 0.2) is 10.5 Å². The fraction of sp³-hybridized carbons (Fsp3) is 0.615. The van der Waals surface area contributed by atoms with E-state index in [0.717, 1.165) is 29.9 Å². The smallest absolute Gasteiger partial charge is 0.308 e. The Morgan fingerprint density at radius 1 is 1.53 bits per heavy atom. The van der Waals surface area contributed by atoms with Crippen molar-refractivity contribution in [1.82, 2.24) is 5.32 Å². The molecule has 4 heteroatoms. The van der Waals surface area contributed by atoms with Crippen LogP contribution in [0.2, 0.25) is 0 Å². The quantitative estimate of drug-likeness (QED) is 0.844. The lowest BCUT2D eigenvalue weighted by atomic mass is 9.79. The van der Waals surface area contributed by atoms with E-state index in [-0.39, 0.29) is 18.0 Å². The van der Waals surface area contributed by atoms with E-state index in [2.05, 4.69) is 12.2 Å². The van der Waals surface area contributed by atoms with Gasteiger partial charge in [-0.2, -0.15) is 0 Å². The Hall–Kier alpha value is -1.29. The van der Waals surface area contributed by atoms with Crippen molar-refractivity contribution in [3.8, 4) is 0 Å². The molecule has 1 fully saturated rings. The molecule has 0 aliphatic heterocycles. The van der Waals surface area contributed by atoms with Crippen LogP contribution < -0.4 is 5.32 Å². The van der Waals surface area contributed by atoms with Crippen molar-refractivity contribution in [1.29, 1.82) is 0 Å². The first-order chi connectivity index (χ1) is 7.99. The van der Waals surface area contributed by atoms with Gasteiger partial charge < -0.3 is 14.8 Å². The number of rotatable bonds is 4. The van der Waals surface area contributed by atoms with Crippen LogP contribution in [0.25, 0.3) is 0 Å². The van der Waals surface area contributed by atoms with Crippen molar-refractivity contribution in [2.75, 3.05) is 0 Å². The van der Waals surface area contributed by atoms with Crippen LogP contribution in [0.1, 0.15) is 42.9 Å². The predicted octanol–water partition coefficient (Wildman–Crippen LogP) is 2.41. The monoisotopic (exact) mass is 237 g/mol. The molecule has 1 heterocycles. The number of hydrogen-bond donors (Lipinski definition) is 2. The zero-order valence-corrected chi connectivity index (χ0v) is 10.5. The molecule has 0 saturated heterocycles. The third kappa shape index (κ3) is 2.36. The Labute approximate surface area is 101 Å². The van der Waals surface area contributed by atoms with E-state index in [1.165, 1.54) is 0 Å². The highest BCUT2D eigenvalue weighted by Crippen LogP contribution is 2.31. The molecule has 0 aromatic carbocycles. The first-order valence-corrected chi connectivity index (χ1v) is 6.05. The first kappa shape index (κ1) is 12.2. The zero-order chi connectivity index (χ0) is 12.6. The number of aryl methyl sites for hydroxylation is 2. The molecule has 17 heavy (non-hydrogen) atoms. The van der Waals surface area contributed by atoms with Gasteiger partial charge in [0.2, 0.25) is 0 Å². The first-order valence-electron chi connectivity index (χ1n) is 6.05. The number of aliphatic carboxylic acids is 1. The van der Waals surface area contributed by atoms with Gasteiger partial charge in [0.1, 0.15) is 11.5 Å². The Balaban J connectivity index is 2.00. The van der Waals surface area contributed by atoms with Crippen LogP contribution >= 0.6 is 0 Å². The maximum absolute atomic E-state index is 10.9. The lowest BCUT2D eigenvalue weighted by Crippen LogP contribution is -2.48. The summed E-state index contributed by atoms with van der Waals surface area (Å²) in [6.07, 6.45) is 1.72. The van der Waals surface area contributed by atoms with Gasteiger partial charge in [-0.3, -0.25) is 4.79 Å². The minimum Gasteiger partial charge on any atom is -0.481 e. The maximum Gasteiger partial charge on any atom is 0.308 e. The highest BCUT2D eigenvalue weighted by Gasteiger charge is 2.37. The Morgan fingerprint density at radius 2 is 2.24 bits per heavy atom. The van der Waals surface area contributed by atoms with Crippen molar-refractivity contribution >= 4 is 5.97 Å². The van der Waals surface area contributed by atoms with Crippen LogP contribution in [-0.2, 0) is 4.79 Å². The minimum atomic E-state index is -0.693. The van der Waals surface area contributed by atoms with Gasteiger partial charge in [0.15, 0.2) is 0 Å². The van der Waals surface area contributed by atoms with Crippen molar-refractivity contribution in [3.05, 3.63) is 23.2 Å². The molecule has 1 aliphatic carbocycles. The summed E-state index contributed by atoms with van der Waals surface area (Å²) in [5.41, 5.74) is 1.12. The molecule has 3 unspecified atom stereocenters. The van der Waals surface area contributed by atoms with Crippen LogP contribution in [0.3, 0.4) is 0 Å². The van der Waals surface area contributed by atoms with Gasteiger partial charge in [0, 0.05) is 17.6 Å². The van der Waals surface area contributed by atoms with E-state index in [0.29, 0.717) is 0 Å². The normalized spacial score (nSPS) is 25.4. The van der Waals surface area contributed by atoms with E-state index in [1.54, 1.807) is 0 Å². The summed E-state index contributed by atoms with van der Waals surface area (Å²) in [6, 6.07) is 2.25. The standard InChI is InChI=1S/C13H19NO3/c1-7-6-11(9(3)17-7)8(2)14-12-5-4-10(12)13(15)16/h6,8,10,12,14H,4-5H2,1-3H3,(H,15,16). The summed E-state index contributed by atoms with van der Waals surface area (Å²) in [4.78, 5) is 10.9. The number of carbonyl (C=O) groups is 1. The fourth-order valence-electron chi connectivity index (χ4n) is 2.49. The van der Waals surface area contributed by atoms with Crippen molar-refractivity contribution in [3.63, 3.8) is 0 Å². The summed E-state index contributed by atoms with van der Waals surface area (Å²) in [5.74, 6) is 0.884. The van der Waals surface area contributed by atoms with Gasteiger partial charge >= 0.3 is 5.97 Å². The van der Waals surface area contributed by atoms with Crippen LogP contribution in [0, 0.1) is 19.8 Å². The molecular formula is C13H19NO3. The second-order valence-corrected chi connectivity index (χ2v) is 4.89. The maximum atomic E-state index is 10.9. The zero-order valence-electron chi connectivity index (χ0n) is 10.5. The van der Waals surface area contributed by atoms with Crippen LogP contribution in [0.4, 0.5) is 0 Å². The summed E-state index contributed by atoms with van der Waals surface area (Å²) >= 11 is 0. The highest BCUT2D eigenvalue weighted by atomic mass is 16.4. The molecule has 94 valence electrons. The second kappa shape index (κ2) is 4.53. The van der Waals surface area contributed by atoms with Crippen LogP contribution in [0.5, 0.6) is 0 Å². The van der Waals surface area contributed by atoms with Gasteiger partial charge in [0.25, 0.3) is 0 Å². The predicted molar refractivity (Wildman–Crippen MR) is 63.9 cm³/mol. The van der Waals surface area contributed by atoms with Crippen molar-refractivity contribution < 1.29 is 14.3 Å². The Kier molecular flexibility index (Phi) is 3.24. The second-order valence-electron chi connectivity index (χ2n) is 4.89. The van der Waals surface area contributed by atoms with Crippen LogP contribution in [-0.4, -0.2) is 17.1 Å².